The summed E-state index contributed by atoms with van der Waals surface area (Å²) in [5.74, 6) is 1.36. The van der Waals surface area contributed by atoms with Crippen molar-refractivity contribution >= 4 is 19.7 Å². The van der Waals surface area contributed by atoms with Crippen molar-refractivity contribution in [2.24, 2.45) is 0 Å². The molecule has 108 valence electrons. The van der Waals surface area contributed by atoms with Crippen molar-refractivity contribution in [3.8, 4) is 5.75 Å². The highest BCUT2D eigenvalue weighted by atomic mass is 35.7. The zero-order chi connectivity index (χ0) is 14.3. The fourth-order valence-corrected chi connectivity index (χ4v) is 2.67. The van der Waals surface area contributed by atoms with Crippen molar-refractivity contribution in [1.29, 1.82) is 0 Å². The molecule has 1 atom stereocenters. The van der Waals surface area contributed by atoms with E-state index in [0.717, 1.165) is 12.2 Å². The maximum Gasteiger partial charge on any atom is 0.232 e. The molecule has 19 heavy (non-hydrogen) atoms. The van der Waals surface area contributed by atoms with Crippen LogP contribution in [-0.2, 0) is 9.05 Å². The second-order valence-corrected chi connectivity index (χ2v) is 7.54. The average molecular weight is 305 g/mol. The van der Waals surface area contributed by atoms with Crippen LogP contribution in [0.15, 0.2) is 24.3 Å². The minimum Gasteiger partial charge on any atom is -0.493 e. The van der Waals surface area contributed by atoms with Gasteiger partial charge in [-0.1, -0.05) is 32.0 Å². The molecule has 1 aromatic carbocycles. The van der Waals surface area contributed by atoms with Gasteiger partial charge in [0.1, 0.15) is 5.75 Å². The van der Waals surface area contributed by atoms with Crippen LogP contribution in [0.3, 0.4) is 0 Å². The highest BCUT2D eigenvalue weighted by molar-refractivity contribution is 8.13. The van der Waals surface area contributed by atoms with Crippen LogP contribution in [0.4, 0.5) is 0 Å². The largest absolute Gasteiger partial charge is 0.493 e. The molecule has 3 nitrogen and oxygen atoms in total. The Balaban J connectivity index is 2.45. The average Bonchev–Trinajstić information content (AvgIpc) is 2.36. The summed E-state index contributed by atoms with van der Waals surface area (Å²) in [7, 11) is 1.77. The van der Waals surface area contributed by atoms with Gasteiger partial charge < -0.3 is 4.74 Å². The lowest BCUT2D eigenvalue weighted by Crippen LogP contribution is -2.04. The van der Waals surface area contributed by atoms with Crippen molar-refractivity contribution in [1.82, 2.24) is 0 Å². The van der Waals surface area contributed by atoms with Gasteiger partial charge in [-0.25, -0.2) is 8.42 Å². The molecule has 0 heterocycles. The SMILES string of the molecule is CCC(C)c1ccccc1OCCCCS(=O)(=O)Cl. The fourth-order valence-electron chi connectivity index (χ4n) is 1.80. The lowest BCUT2D eigenvalue weighted by molar-refractivity contribution is 0.305. The van der Waals surface area contributed by atoms with Crippen LogP contribution >= 0.6 is 10.7 Å². The summed E-state index contributed by atoms with van der Waals surface area (Å²) in [6, 6.07) is 7.99. The zero-order valence-corrected chi connectivity index (χ0v) is 13.0. The van der Waals surface area contributed by atoms with E-state index in [1.165, 1.54) is 5.56 Å². The minimum absolute atomic E-state index is 0.00489. The Hall–Kier alpha value is -0.740. The molecule has 1 unspecified atom stereocenters. The Morgan fingerprint density at radius 1 is 1.26 bits per heavy atom. The van der Waals surface area contributed by atoms with Crippen molar-refractivity contribution in [2.75, 3.05) is 12.4 Å². The van der Waals surface area contributed by atoms with Crippen molar-refractivity contribution in [3.63, 3.8) is 0 Å². The smallest absolute Gasteiger partial charge is 0.232 e. The number of halogens is 1. The second kappa shape index (κ2) is 7.75. The molecule has 0 fully saturated rings. The molecule has 0 aliphatic heterocycles. The normalized spacial score (nSPS) is 13.2. The van der Waals surface area contributed by atoms with E-state index >= 15 is 0 Å². The first-order valence-corrected chi connectivity index (χ1v) is 9.06. The third-order valence-corrected chi connectivity index (χ3v) is 4.34. The van der Waals surface area contributed by atoms with E-state index in [-0.39, 0.29) is 5.75 Å². The molecule has 0 saturated heterocycles. The third-order valence-electron chi connectivity index (χ3n) is 3.10. The van der Waals surface area contributed by atoms with Gasteiger partial charge >= 0.3 is 0 Å². The number of ether oxygens (including phenoxy) is 1. The highest BCUT2D eigenvalue weighted by Gasteiger charge is 2.09. The van der Waals surface area contributed by atoms with Gasteiger partial charge in [0.25, 0.3) is 0 Å². The molecule has 0 bridgehead atoms. The van der Waals surface area contributed by atoms with E-state index in [1.54, 1.807) is 0 Å². The quantitative estimate of drug-likeness (QED) is 0.540. The molecule has 0 aromatic heterocycles. The van der Waals surface area contributed by atoms with Crippen LogP contribution in [0.5, 0.6) is 5.75 Å². The van der Waals surface area contributed by atoms with E-state index in [2.05, 4.69) is 19.9 Å². The maximum absolute atomic E-state index is 10.8. The summed E-state index contributed by atoms with van der Waals surface area (Å²) < 4.78 is 27.3. The van der Waals surface area contributed by atoms with Crippen LogP contribution < -0.4 is 4.74 Å². The summed E-state index contributed by atoms with van der Waals surface area (Å²) in [6.45, 7) is 4.83. The van der Waals surface area contributed by atoms with Crippen LogP contribution in [0, 0.1) is 0 Å². The molecule has 1 aromatic rings. The molecule has 1 rings (SSSR count). The predicted octanol–water partition coefficient (Wildman–Crippen LogP) is 3.93. The van der Waals surface area contributed by atoms with E-state index < -0.39 is 9.05 Å². The van der Waals surface area contributed by atoms with Gasteiger partial charge in [-0.3, -0.25) is 0 Å². The molecule has 5 heteroatoms. The monoisotopic (exact) mass is 304 g/mol. The summed E-state index contributed by atoms with van der Waals surface area (Å²) >= 11 is 0. The molecule has 0 N–H and O–H groups in total. The Morgan fingerprint density at radius 2 is 1.95 bits per heavy atom. The molecule has 0 amide bonds. The standard InChI is InChI=1S/C14H21ClO3S/c1-3-12(2)13-8-4-5-9-14(13)18-10-6-7-11-19(15,16)17/h4-5,8-9,12H,3,6-7,10-11H2,1-2H3. The van der Waals surface area contributed by atoms with Crippen molar-refractivity contribution < 1.29 is 13.2 Å². The Labute approximate surface area is 120 Å². The molecular weight excluding hydrogens is 284 g/mol. The van der Waals surface area contributed by atoms with Gasteiger partial charge in [0.2, 0.25) is 9.05 Å². The van der Waals surface area contributed by atoms with Crippen LogP contribution in [0.1, 0.15) is 44.6 Å². The van der Waals surface area contributed by atoms with E-state index in [9.17, 15) is 8.42 Å². The van der Waals surface area contributed by atoms with Crippen LogP contribution in [0.25, 0.3) is 0 Å². The number of para-hydroxylation sites is 1. The van der Waals surface area contributed by atoms with Gasteiger partial charge in [-0.05, 0) is 36.8 Å². The minimum atomic E-state index is -3.38. The molecule has 0 aliphatic rings. The Morgan fingerprint density at radius 3 is 2.58 bits per heavy atom. The van der Waals surface area contributed by atoms with E-state index in [0.29, 0.717) is 25.4 Å². The number of hydrogen-bond donors (Lipinski definition) is 0. The summed E-state index contributed by atoms with van der Waals surface area (Å²) in [5.41, 5.74) is 1.20. The molecule has 0 saturated carbocycles. The Bertz CT molecular complexity index is 485. The molecular formula is C14H21ClO3S. The number of benzene rings is 1. The molecule has 0 aliphatic carbocycles. The summed E-state index contributed by atoms with van der Waals surface area (Å²) in [5, 5.41) is 0. The number of hydrogen-bond acceptors (Lipinski definition) is 3. The molecule has 0 spiro atoms. The highest BCUT2D eigenvalue weighted by Crippen LogP contribution is 2.28. The molecule has 0 radical (unpaired) electrons. The van der Waals surface area contributed by atoms with E-state index in [4.69, 9.17) is 15.4 Å². The first-order chi connectivity index (χ1) is 8.94. The second-order valence-electron chi connectivity index (χ2n) is 4.65. The fraction of sp³-hybridized carbons (Fsp3) is 0.571. The predicted molar refractivity (Wildman–Crippen MR) is 79.5 cm³/mol. The summed E-state index contributed by atoms with van der Waals surface area (Å²) in [6.07, 6.45) is 2.27. The van der Waals surface area contributed by atoms with Gasteiger partial charge in [0, 0.05) is 10.7 Å². The zero-order valence-electron chi connectivity index (χ0n) is 11.4. The van der Waals surface area contributed by atoms with Crippen LogP contribution in [-0.4, -0.2) is 20.8 Å². The van der Waals surface area contributed by atoms with Gasteiger partial charge in [0.15, 0.2) is 0 Å². The topological polar surface area (TPSA) is 43.4 Å². The van der Waals surface area contributed by atoms with Crippen molar-refractivity contribution in [3.05, 3.63) is 29.8 Å². The van der Waals surface area contributed by atoms with Gasteiger partial charge in [0.05, 0.1) is 12.4 Å². The van der Waals surface area contributed by atoms with Gasteiger partial charge in [-0.2, -0.15) is 0 Å². The van der Waals surface area contributed by atoms with Crippen molar-refractivity contribution in [2.45, 2.75) is 39.0 Å². The number of rotatable bonds is 8. The summed E-state index contributed by atoms with van der Waals surface area (Å²) in [4.78, 5) is 0. The maximum atomic E-state index is 10.8. The third kappa shape index (κ3) is 6.30. The van der Waals surface area contributed by atoms with Gasteiger partial charge in [-0.15, -0.1) is 0 Å². The van der Waals surface area contributed by atoms with E-state index in [1.807, 2.05) is 18.2 Å². The lowest BCUT2D eigenvalue weighted by atomic mass is 9.98. The van der Waals surface area contributed by atoms with Crippen LogP contribution in [0.2, 0.25) is 0 Å². The first-order valence-electron chi connectivity index (χ1n) is 6.58. The lowest BCUT2D eigenvalue weighted by Gasteiger charge is -2.15. The number of unbranched alkanes of at least 4 members (excludes halogenated alkanes) is 1. The Kier molecular flexibility index (Phi) is 6.66. The first kappa shape index (κ1) is 16.3.